The second-order valence-electron chi connectivity index (χ2n) is 7.37. The van der Waals surface area contributed by atoms with Crippen molar-refractivity contribution in [3.8, 4) is 11.5 Å². The standard InChI is InChI=1S/C20H27N5O5S.HI/c1-21-20(22-14-16-3-4-18-19(13-16)29-11-2-10-28-18)24-6-8-25(9-7-24)31(26,27)15-17-5-12-30-23-17;/h3-5,12-13H,2,6-11,14-15H2,1H3,(H,21,22);1H. The average Bonchev–Trinajstić information content (AvgIpc) is 3.16. The van der Waals surface area contributed by atoms with Gasteiger partial charge in [-0.05, 0) is 17.7 Å². The van der Waals surface area contributed by atoms with Gasteiger partial charge in [-0.1, -0.05) is 11.2 Å². The number of nitrogens with one attached hydrogen (secondary N) is 1. The zero-order valence-corrected chi connectivity index (χ0v) is 21.0. The van der Waals surface area contributed by atoms with Crippen molar-refractivity contribution in [2.24, 2.45) is 4.99 Å². The van der Waals surface area contributed by atoms with Gasteiger partial charge in [-0.3, -0.25) is 4.99 Å². The van der Waals surface area contributed by atoms with E-state index in [0.717, 1.165) is 29.4 Å². The van der Waals surface area contributed by atoms with Crippen molar-refractivity contribution in [1.82, 2.24) is 19.7 Å². The summed E-state index contributed by atoms with van der Waals surface area (Å²) < 4.78 is 42.9. The Bertz CT molecular complexity index is 1010. The third-order valence-corrected chi connectivity index (χ3v) is 7.04. The van der Waals surface area contributed by atoms with Crippen LogP contribution in [0.4, 0.5) is 0 Å². The van der Waals surface area contributed by atoms with Crippen LogP contribution in [0.2, 0.25) is 0 Å². The molecule has 0 spiro atoms. The number of ether oxygens (including phenoxy) is 2. The van der Waals surface area contributed by atoms with Crippen LogP contribution < -0.4 is 14.8 Å². The van der Waals surface area contributed by atoms with Gasteiger partial charge in [0.05, 0.1) is 18.9 Å². The van der Waals surface area contributed by atoms with Gasteiger partial charge in [-0.25, -0.2) is 8.42 Å². The maximum Gasteiger partial charge on any atom is 0.220 e. The average molecular weight is 577 g/mol. The molecule has 32 heavy (non-hydrogen) atoms. The molecule has 0 aliphatic carbocycles. The lowest BCUT2D eigenvalue weighted by molar-refractivity contribution is 0.259. The first kappa shape index (κ1) is 24.6. The van der Waals surface area contributed by atoms with Gasteiger partial charge < -0.3 is 24.2 Å². The number of aromatic nitrogens is 1. The van der Waals surface area contributed by atoms with Gasteiger partial charge in [-0.15, -0.1) is 24.0 Å². The molecule has 0 saturated carbocycles. The summed E-state index contributed by atoms with van der Waals surface area (Å²) in [4.78, 5) is 6.42. The van der Waals surface area contributed by atoms with Crippen molar-refractivity contribution >= 4 is 40.0 Å². The minimum atomic E-state index is -3.43. The molecule has 0 atom stereocenters. The van der Waals surface area contributed by atoms with Gasteiger partial charge in [0, 0.05) is 52.3 Å². The number of guanidine groups is 1. The molecule has 1 N–H and O–H groups in total. The Kier molecular flexibility index (Phi) is 8.59. The predicted molar refractivity (Wildman–Crippen MR) is 130 cm³/mol. The lowest BCUT2D eigenvalue weighted by atomic mass is 10.2. The highest BCUT2D eigenvalue weighted by Crippen LogP contribution is 2.30. The van der Waals surface area contributed by atoms with E-state index in [2.05, 4.69) is 20.4 Å². The van der Waals surface area contributed by atoms with Crippen LogP contribution in [0.15, 0.2) is 40.0 Å². The molecular formula is C20H28IN5O5S. The van der Waals surface area contributed by atoms with Crippen LogP contribution in [0.3, 0.4) is 0 Å². The number of fused-ring (bicyclic) bond motifs is 1. The number of benzene rings is 1. The maximum absolute atomic E-state index is 12.6. The second-order valence-corrected chi connectivity index (χ2v) is 9.33. The Balaban J connectivity index is 0.00000289. The first-order chi connectivity index (χ1) is 15.0. The zero-order valence-electron chi connectivity index (χ0n) is 17.9. The predicted octanol–water partition coefficient (Wildman–Crippen LogP) is 1.68. The smallest absolute Gasteiger partial charge is 0.220 e. The van der Waals surface area contributed by atoms with E-state index in [1.165, 1.54) is 10.6 Å². The molecule has 2 aromatic rings. The van der Waals surface area contributed by atoms with Gasteiger partial charge >= 0.3 is 0 Å². The van der Waals surface area contributed by atoms with Gasteiger partial charge in [0.25, 0.3) is 0 Å². The molecule has 1 aromatic heterocycles. The largest absolute Gasteiger partial charge is 0.490 e. The van der Waals surface area contributed by atoms with E-state index in [1.54, 1.807) is 13.1 Å². The molecule has 0 bridgehead atoms. The number of piperazine rings is 1. The molecular weight excluding hydrogens is 549 g/mol. The molecule has 2 aliphatic heterocycles. The number of sulfonamides is 1. The zero-order chi connectivity index (χ0) is 21.7. The molecule has 0 amide bonds. The first-order valence-electron chi connectivity index (χ1n) is 10.3. The minimum Gasteiger partial charge on any atom is -0.490 e. The fraction of sp³-hybridized carbons (Fsp3) is 0.500. The van der Waals surface area contributed by atoms with E-state index in [0.29, 0.717) is 51.6 Å². The summed E-state index contributed by atoms with van der Waals surface area (Å²) in [5.41, 5.74) is 1.47. The summed E-state index contributed by atoms with van der Waals surface area (Å²) in [5.74, 6) is 2.12. The molecule has 2 aliphatic rings. The van der Waals surface area contributed by atoms with E-state index >= 15 is 0 Å². The summed E-state index contributed by atoms with van der Waals surface area (Å²) in [7, 11) is -1.70. The monoisotopic (exact) mass is 577 g/mol. The van der Waals surface area contributed by atoms with Crippen molar-refractivity contribution < 1.29 is 22.4 Å². The number of hydrogen-bond donors (Lipinski definition) is 1. The molecule has 10 nitrogen and oxygen atoms in total. The number of hydrogen-bond acceptors (Lipinski definition) is 7. The van der Waals surface area contributed by atoms with E-state index in [9.17, 15) is 8.42 Å². The molecule has 1 saturated heterocycles. The van der Waals surface area contributed by atoms with Crippen molar-refractivity contribution in [3.63, 3.8) is 0 Å². The third kappa shape index (κ3) is 6.04. The Morgan fingerprint density at radius 1 is 1.12 bits per heavy atom. The van der Waals surface area contributed by atoms with Crippen LogP contribution in [0.5, 0.6) is 11.5 Å². The van der Waals surface area contributed by atoms with Crippen LogP contribution in [0.1, 0.15) is 17.7 Å². The number of halogens is 1. The summed E-state index contributed by atoms with van der Waals surface area (Å²) in [6.45, 7) is 3.79. The Morgan fingerprint density at radius 2 is 1.88 bits per heavy atom. The van der Waals surface area contributed by atoms with E-state index in [1.807, 2.05) is 18.2 Å². The summed E-state index contributed by atoms with van der Waals surface area (Å²) in [6.07, 6.45) is 2.25. The van der Waals surface area contributed by atoms with E-state index in [4.69, 9.17) is 14.0 Å². The normalized spacial score (nSPS) is 17.4. The lowest BCUT2D eigenvalue weighted by Crippen LogP contribution is -2.53. The number of aliphatic imine (C=N–C) groups is 1. The SMILES string of the molecule is CN=C(NCc1ccc2c(c1)OCCCO2)N1CCN(S(=O)(=O)Cc2ccon2)CC1.I. The topological polar surface area (TPSA) is 110 Å². The van der Waals surface area contributed by atoms with Crippen LogP contribution in [0, 0.1) is 0 Å². The minimum absolute atomic E-state index is 0. The molecule has 12 heteroatoms. The maximum atomic E-state index is 12.6. The molecule has 176 valence electrons. The molecule has 0 radical (unpaired) electrons. The van der Waals surface area contributed by atoms with Crippen LogP contribution >= 0.6 is 24.0 Å². The summed E-state index contributed by atoms with van der Waals surface area (Å²) >= 11 is 0. The molecule has 0 unspecified atom stereocenters. The summed E-state index contributed by atoms with van der Waals surface area (Å²) in [6, 6.07) is 7.48. The van der Waals surface area contributed by atoms with E-state index in [-0.39, 0.29) is 29.7 Å². The summed E-state index contributed by atoms with van der Waals surface area (Å²) in [5, 5.41) is 7.06. The van der Waals surface area contributed by atoms with Gasteiger partial charge in [0.15, 0.2) is 17.5 Å². The van der Waals surface area contributed by atoms with Crippen molar-refractivity contribution in [2.75, 3.05) is 46.4 Å². The highest BCUT2D eigenvalue weighted by Gasteiger charge is 2.29. The van der Waals surface area contributed by atoms with Crippen LogP contribution in [-0.2, 0) is 22.3 Å². The fourth-order valence-corrected chi connectivity index (χ4v) is 5.02. The highest BCUT2D eigenvalue weighted by atomic mass is 127. The Hall–Kier alpha value is -2.06. The quantitative estimate of drug-likeness (QED) is 0.325. The van der Waals surface area contributed by atoms with Crippen molar-refractivity contribution in [2.45, 2.75) is 18.7 Å². The first-order valence-corrected chi connectivity index (χ1v) is 11.9. The Labute approximate surface area is 205 Å². The molecule has 1 aromatic carbocycles. The second kappa shape index (κ2) is 11.2. The van der Waals surface area contributed by atoms with Gasteiger partial charge in [0.2, 0.25) is 10.0 Å². The van der Waals surface area contributed by atoms with E-state index < -0.39 is 10.0 Å². The van der Waals surface area contributed by atoms with Gasteiger partial charge in [0.1, 0.15) is 12.0 Å². The lowest BCUT2D eigenvalue weighted by Gasteiger charge is -2.35. The number of nitrogens with zero attached hydrogens (tertiary/aromatic N) is 4. The fourth-order valence-electron chi connectivity index (χ4n) is 3.60. The van der Waals surface area contributed by atoms with Crippen molar-refractivity contribution in [1.29, 1.82) is 0 Å². The number of rotatable bonds is 5. The van der Waals surface area contributed by atoms with Crippen LogP contribution in [-0.4, -0.2) is 75.2 Å². The molecule has 3 heterocycles. The third-order valence-electron chi connectivity index (χ3n) is 5.23. The van der Waals surface area contributed by atoms with Crippen LogP contribution in [0.25, 0.3) is 0 Å². The molecule has 4 rings (SSSR count). The van der Waals surface area contributed by atoms with Gasteiger partial charge in [-0.2, -0.15) is 4.31 Å². The molecule has 1 fully saturated rings. The highest BCUT2D eigenvalue weighted by molar-refractivity contribution is 14.0. The van der Waals surface area contributed by atoms with Crippen molar-refractivity contribution in [3.05, 3.63) is 41.8 Å². The Morgan fingerprint density at radius 3 is 2.56 bits per heavy atom.